The van der Waals surface area contributed by atoms with E-state index >= 15 is 0 Å². The lowest BCUT2D eigenvalue weighted by Crippen LogP contribution is -2.27. The van der Waals surface area contributed by atoms with E-state index in [0.717, 1.165) is 16.7 Å². The van der Waals surface area contributed by atoms with Crippen molar-refractivity contribution in [2.75, 3.05) is 13.3 Å². The van der Waals surface area contributed by atoms with Gasteiger partial charge in [0, 0.05) is 24.7 Å². The third kappa shape index (κ3) is 3.82. The van der Waals surface area contributed by atoms with Gasteiger partial charge < -0.3 is 0 Å². The molecule has 0 saturated carbocycles. The van der Waals surface area contributed by atoms with E-state index in [9.17, 15) is 16.8 Å². The first-order valence-electron chi connectivity index (χ1n) is 6.83. The van der Waals surface area contributed by atoms with E-state index < -0.39 is 19.9 Å². The van der Waals surface area contributed by atoms with Gasteiger partial charge in [0.05, 0.1) is 9.79 Å². The molecule has 1 aromatic heterocycles. The lowest BCUT2D eigenvalue weighted by Gasteiger charge is -2.19. The molecule has 0 amide bonds. The van der Waals surface area contributed by atoms with E-state index in [1.807, 2.05) is 18.4 Å². The van der Waals surface area contributed by atoms with Crippen molar-refractivity contribution in [1.29, 1.82) is 0 Å². The minimum absolute atomic E-state index is 0.00220. The Morgan fingerprint density at radius 3 is 2.22 bits per heavy atom. The summed E-state index contributed by atoms with van der Waals surface area (Å²) in [7, 11) is -5.73. The van der Waals surface area contributed by atoms with E-state index in [-0.39, 0.29) is 16.3 Å². The number of nitrogens with zero attached hydrogens (tertiary/aromatic N) is 1. The van der Waals surface area contributed by atoms with Crippen LogP contribution in [0.4, 0.5) is 0 Å². The Bertz CT molecular complexity index is 927. The van der Waals surface area contributed by atoms with Crippen molar-refractivity contribution in [1.82, 2.24) is 4.31 Å². The number of rotatable bonds is 5. The topological polar surface area (TPSA) is 71.5 Å². The summed E-state index contributed by atoms with van der Waals surface area (Å²) in [5.41, 5.74) is 1.56. The average molecular weight is 374 g/mol. The summed E-state index contributed by atoms with van der Waals surface area (Å²) in [5.74, 6) is 0. The van der Waals surface area contributed by atoms with Crippen molar-refractivity contribution in [3.05, 3.63) is 45.6 Å². The van der Waals surface area contributed by atoms with Gasteiger partial charge in [-0.1, -0.05) is 6.07 Å². The van der Waals surface area contributed by atoms with Crippen LogP contribution in [0.5, 0.6) is 0 Å². The normalized spacial score (nSPS) is 12.7. The maximum absolute atomic E-state index is 12.8. The van der Waals surface area contributed by atoms with E-state index in [1.165, 1.54) is 40.9 Å². The summed E-state index contributed by atoms with van der Waals surface area (Å²) in [6.07, 6.45) is 1.06. The van der Waals surface area contributed by atoms with Gasteiger partial charge in [-0.15, -0.1) is 11.3 Å². The Kier molecular flexibility index (Phi) is 5.00. The van der Waals surface area contributed by atoms with Gasteiger partial charge in [0.15, 0.2) is 9.84 Å². The molecule has 0 N–H and O–H groups in total. The van der Waals surface area contributed by atoms with Gasteiger partial charge in [-0.2, -0.15) is 4.31 Å². The van der Waals surface area contributed by atoms with Crippen molar-refractivity contribution in [2.45, 2.75) is 30.2 Å². The summed E-state index contributed by atoms with van der Waals surface area (Å²) in [5, 5.41) is 1.92. The highest BCUT2D eigenvalue weighted by Crippen LogP contribution is 2.25. The summed E-state index contributed by atoms with van der Waals surface area (Å²) in [6.45, 7) is 3.85. The molecule has 0 atom stereocenters. The van der Waals surface area contributed by atoms with Crippen molar-refractivity contribution in [2.24, 2.45) is 0 Å². The number of hydrogen-bond donors (Lipinski definition) is 0. The zero-order chi connectivity index (χ0) is 17.4. The fourth-order valence-electron chi connectivity index (χ4n) is 2.11. The number of sulfone groups is 1. The molecule has 0 saturated heterocycles. The minimum Gasteiger partial charge on any atom is -0.224 e. The molecular weight excluding hydrogens is 354 g/mol. The fraction of sp³-hybridized carbons (Fsp3) is 0.333. The molecule has 0 aliphatic rings. The molecule has 0 spiro atoms. The monoisotopic (exact) mass is 373 g/mol. The largest absolute Gasteiger partial charge is 0.243 e. The first-order chi connectivity index (χ1) is 10.5. The van der Waals surface area contributed by atoms with Crippen LogP contribution >= 0.6 is 11.3 Å². The summed E-state index contributed by atoms with van der Waals surface area (Å²) in [6, 6.07) is 6.12. The molecule has 5 nitrogen and oxygen atoms in total. The van der Waals surface area contributed by atoms with E-state index in [1.54, 1.807) is 6.92 Å². The van der Waals surface area contributed by atoms with Gasteiger partial charge >= 0.3 is 0 Å². The third-order valence-corrected chi connectivity index (χ3v) is 7.67. The predicted molar refractivity (Wildman–Crippen MR) is 92.0 cm³/mol. The first-order valence-corrected chi connectivity index (χ1v) is 11.0. The molecule has 0 radical (unpaired) electrons. The lowest BCUT2D eigenvalue weighted by molar-refractivity contribution is 0.468. The number of aryl methyl sites for hydroxylation is 2. The van der Waals surface area contributed by atoms with Crippen molar-refractivity contribution in [3.63, 3.8) is 0 Å². The number of sulfonamides is 1. The highest BCUT2D eigenvalue weighted by Gasteiger charge is 2.25. The molecule has 0 aliphatic heterocycles. The summed E-state index contributed by atoms with van der Waals surface area (Å²) >= 11 is 1.50. The second kappa shape index (κ2) is 6.35. The third-order valence-electron chi connectivity index (χ3n) is 3.61. The highest BCUT2D eigenvalue weighted by molar-refractivity contribution is 7.91. The second-order valence-electron chi connectivity index (χ2n) is 5.49. The molecule has 126 valence electrons. The maximum atomic E-state index is 12.8. The standard InChI is InChI=1S/C15H19NO4S3/c1-11-7-8-21-14(11)10-16(3)23(19,20)15-9-13(22(4,17)18)6-5-12(15)2/h5-9H,10H2,1-4H3. The summed E-state index contributed by atoms with van der Waals surface area (Å²) < 4.78 is 50.2. The minimum atomic E-state index is -3.77. The van der Waals surface area contributed by atoms with Gasteiger partial charge in [-0.3, -0.25) is 0 Å². The van der Waals surface area contributed by atoms with Gasteiger partial charge in [-0.25, -0.2) is 16.8 Å². The number of benzene rings is 1. The van der Waals surface area contributed by atoms with Crippen LogP contribution in [0.1, 0.15) is 16.0 Å². The maximum Gasteiger partial charge on any atom is 0.243 e. The molecule has 0 fully saturated rings. The molecule has 8 heteroatoms. The van der Waals surface area contributed by atoms with E-state index in [0.29, 0.717) is 5.56 Å². The molecule has 2 rings (SSSR count). The lowest BCUT2D eigenvalue weighted by atomic mass is 10.2. The number of hydrogen-bond acceptors (Lipinski definition) is 5. The highest BCUT2D eigenvalue weighted by atomic mass is 32.2. The van der Waals surface area contributed by atoms with Gasteiger partial charge in [0.1, 0.15) is 0 Å². The van der Waals surface area contributed by atoms with Crippen LogP contribution in [0.2, 0.25) is 0 Å². The Balaban J connectivity index is 2.45. The molecule has 23 heavy (non-hydrogen) atoms. The Morgan fingerprint density at radius 2 is 1.70 bits per heavy atom. The Labute approximate surface area is 141 Å². The molecule has 1 aromatic carbocycles. The van der Waals surface area contributed by atoms with Gasteiger partial charge in [-0.05, 0) is 48.6 Å². The first kappa shape index (κ1) is 18.1. The Hall–Kier alpha value is -1.22. The van der Waals surface area contributed by atoms with Crippen LogP contribution in [-0.4, -0.2) is 34.4 Å². The van der Waals surface area contributed by atoms with Crippen molar-refractivity contribution in [3.8, 4) is 0 Å². The van der Waals surface area contributed by atoms with Crippen LogP contribution < -0.4 is 0 Å². The van der Waals surface area contributed by atoms with Crippen molar-refractivity contribution >= 4 is 31.2 Å². The Morgan fingerprint density at radius 1 is 1.04 bits per heavy atom. The van der Waals surface area contributed by atoms with Gasteiger partial charge in [0.2, 0.25) is 10.0 Å². The van der Waals surface area contributed by atoms with Crippen LogP contribution in [0.25, 0.3) is 0 Å². The molecule has 0 unspecified atom stereocenters. The van der Waals surface area contributed by atoms with Crippen LogP contribution in [0.15, 0.2) is 39.4 Å². The van der Waals surface area contributed by atoms with Crippen molar-refractivity contribution < 1.29 is 16.8 Å². The predicted octanol–water partition coefficient (Wildman–Crippen LogP) is 2.59. The van der Waals surface area contributed by atoms with Crippen LogP contribution in [0.3, 0.4) is 0 Å². The van der Waals surface area contributed by atoms with E-state index in [4.69, 9.17) is 0 Å². The second-order valence-corrected chi connectivity index (χ2v) is 10.5. The zero-order valence-corrected chi connectivity index (χ0v) is 15.8. The zero-order valence-electron chi connectivity index (χ0n) is 13.4. The summed E-state index contributed by atoms with van der Waals surface area (Å²) in [4.78, 5) is 0.993. The molecular formula is C15H19NO4S3. The quantitative estimate of drug-likeness (QED) is 0.808. The number of thiophene rings is 1. The van der Waals surface area contributed by atoms with E-state index in [2.05, 4.69) is 0 Å². The molecule has 0 aliphatic carbocycles. The smallest absolute Gasteiger partial charge is 0.224 e. The average Bonchev–Trinajstić information content (AvgIpc) is 2.83. The SMILES string of the molecule is Cc1ccc(S(C)(=O)=O)cc1S(=O)(=O)N(C)Cc1sccc1C. The fourth-order valence-corrected chi connectivity index (χ4v) is 5.26. The van der Waals surface area contributed by atoms with Crippen LogP contribution in [-0.2, 0) is 26.4 Å². The molecule has 1 heterocycles. The molecule has 0 bridgehead atoms. The van der Waals surface area contributed by atoms with Gasteiger partial charge in [0.25, 0.3) is 0 Å². The molecule has 2 aromatic rings. The van der Waals surface area contributed by atoms with Crippen LogP contribution in [0, 0.1) is 13.8 Å².